The highest BCUT2D eigenvalue weighted by atomic mass is 15.0. The summed E-state index contributed by atoms with van der Waals surface area (Å²) in [6.45, 7) is 7.25. The number of nitrogens with one attached hydrogen (secondary N) is 1. The van der Waals surface area contributed by atoms with E-state index in [0.717, 1.165) is 18.0 Å². The zero-order valence-electron chi connectivity index (χ0n) is 10.7. The van der Waals surface area contributed by atoms with Gasteiger partial charge in [0, 0.05) is 12.1 Å². The summed E-state index contributed by atoms with van der Waals surface area (Å²) in [6, 6.07) is 1.56. The molecule has 0 bridgehead atoms. The van der Waals surface area contributed by atoms with Crippen LogP contribution in [0.25, 0.3) is 0 Å². The molecule has 0 aromatic carbocycles. The Labute approximate surface area is 95.0 Å². The molecule has 15 heavy (non-hydrogen) atoms. The second-order valence-corrected chi connectivity index (χ2v) is 6.60. The fraction of sp³-hybridized carbons (Fsp3) is 1.00. The topological polar surface area (TPSA) is 12.0 Å². The van der Waals surface area contributed by atoms with Crippen molar-refractivity contribution < 1.29 is 0 Å². The quantitative estimate of drug-likeness (QED) is 0.747. The normalized spacial score (nSPS) is 33.4. The predicted octanol–water partition coefficient (Wildman–Crippen LogP) is 3.73. The Morgan fingerprint density at radius 3 is 2.40 bits per heavy atom. The molecular weight excluding hydrogens is 182 g/mol. The van der Waals surface area contributed by atoms with Gasteiger partial charge in [-0.25, -0.2) is 0 Å². The zero-order chi connectivity index (χ0) is 10.9. The number of rotatable bonds is 3. The van der Waals surface area contributed by atoms with Gasteiger partial charge in [0.25, 0.3) is 0 Å². The third-order valence-electron chi connectivity index (χ3n) is 4.56. The van der Waals surface area contributed by atoms with E-state index < -0.39 is 0 Å². The van der Waals surface area contributed by atoms with Gasteiger partial charge in [-0.15, -0.1) is 0 Å². The highest BCUT2D eigenvalue weighted by molar-refractivity contribution is 4.87. The smallest absolute Gasteiger partial charge is 0.00747 e. The van der Waals surface area contributed by atoms with Gasteiger partial charge in [-0.3, -0.25) is 0 Å². The van der Waals surface area contributed by atoms with Crippen molar-refractivity contribution in [2.24, 2.45) is 11.3 Å². The molecular formula is C14H27N. The average Bonchev–Trinajstić information content (AvgIpc) is 1.97. The van der Waals surface area contributed by atoms with E-state index in [-0.39, 0.29) is 0 Å². The van der Waals surface area contributed by atoms with Gasteiger partial charge in [-0.05, 0) is 50.4 Å². The first-order chi connectivity index (χ1) is 7.07. The lowest BCUT2D eigenvalue weighted by Crippen LogP contribution is -2.46. The molecule has 2 rings (SSSR count). The van der Waals surface area contributed by atoms with Crippen molar-refractivity contribution in [3.63, 3.8) is 0 Å². The number of hydrogen-bond acceptors (Lipinski definition) is 1. The molecule has 2 atom stereocenters. The molecule has 1 nitrogen and oxygen atoms in total. The Balaban J connectivity index is 1.78. The van der Waals surface area contributed by atoms with Crippen molar-refractivity contribution in [3.8, 4) is 0 Å². The molecule has 0 aliphatic heterocycles. The summed E-state index contributed by atoms with van der Waals surface area (Å²) < 4.78 is 0. The van der Waals surface area contributed by atoms with Gasteiger partial charge >= 0.3 is 0 Å². The van der Waals surface area contributed by atoms with Crippen LogP contribution in [-0.2, 0) is 0 Å². The molecule has 2 aliphatic carbocycles. The SMILES string of the molecule is CC(NC1CCCC(C)(C)C1)C1CCC1. The van der Waals surface area contributed by atoms with Gasteiger partial charge in [-0.1, -0.05) is 26.7 Å². The summed E-state index contributed by atoms with van der Waals surface area (Å²) >= 11 is 0. The molecule has 2 aliphatic rings. The van der Waals surface area contributed by atoms with E-state index in [4.69, 9.17) is 0 Å². The zero-order valence-corrected chi connectivity index (χ0v) is 10.7. The van der Waals surface area contributed by atoms with E-state index in [9.17, 15) is 0 Å². The molecule has 0 aromatic rings. The number of hydrogen-bond donors (Lipinski definition) is 1. The summed E-state index contributed by atoms with van der Waals surface area (Å²) in [6.07, 6.45) is 10.0. The van der Waals surface area contributed by atoms with Crippen LogP contribution in [0.15, 0.2) is 0 Å². The molecule has 2 fully saturated rings. The maximum atomic E-state index is 3.88. The first-order valence-electron chi connectivity index (χ1n) is 6.83. The fourth-order valence-electron chi connectivity index (χ4n) is 3.29. The van der Waals surface area contributed by atoms with E-state index in [0.29, 0.717) is 5.41 Å². The third-order valence-corrected chi connectivity index (χ3v) is 4.56. The maximum Gasteiger partial charge on any atom is 0.00747 e. The van der Waals surface area contributed by atoms with Crippen molar-refractivity contribution in [2.75, 3.05) is 0 Å². The Hall–Kier alpha value is -0.0400. The molecule has 0 radical (unpaired) electrons. The van der Waals surface area contributed by atoms with Crippen LogP contribution in [0.3, 0.4) is 0 Å². The Kier molecular flexibility index (Phi) is 3.39. The monoisotopic (exact) mass is 209 g/mol. The van der Waals surface area contributed by atoms with Gasteiger partial charge in [0.15, 0.2) is 0 Å². The fourth-order valence-corrected chi connectivity index (χ4v) is 3.29. The van der Waals surface area contributed by atoms with Gasteiger partial charge in [0.1, 0.15) is 0 Å². The van der Waals surface area contributed by atoms with Crippen LogP contribution in [-0.4, -0.2) is 12.1 Å². The van der Waals surface area contributed by atoms with Gasteiger partial charge in [0.2, 0.25) is 0 Å². The largest absolute Gasteiger partial charge is 0.311 e. The van der Waals surface area contributed by atoms with Crippen molar-refractivity contribution in [3.05, 3.63) is 0 Å². The Morgan fingerprint density at radius 1 is 1.13 bits per heavy atom. The first-order valence-corrected chi connectivity index (χ1v) is 6.83. The van der Waals surface area contributed by atoms with Gasteiger partial charge in [-0.2, -0.15) is 0 Å². The Bertz CT molecular complexity index is 205. The van der Waals surface area contributed by atoms with Crippen molar-refractivity contribution in [2.45, 2.75) is 77.8 Å². The van der Waals surface area contributed by atoms with Crippen molar-refractivity contribution in [1.82, 2.24) is 5.32 Å². The minimum Gasteiger partial charge on any atom is -0.311 e. The van der Waals surface area contributed by atoms with Crippen LogP contribution in [0, 0.1) is 11.3 Å². The van der Waals surface area contributed by atoms with E-state index in [1.807, 2.05) is 0 Å². The molecule has 2 unspecified atom stereocenters. The van der Waals surface area contributed by atoms with E-state index >= 15 is 0 Å². The van der Waals surface area contributed by atoms with Crippen LogP contribution >= 0.6 is 0 Å². The van der Waals surface area contributed by atoms with Crippen LogP contribution in [0.1, 0.15) is 65.7 Å². The lowest BCUT2D eigenvalue weighted by Gasteiger charge is -2.40. The molecule has 1 N–H and O–H groups in total. The molecule has 1 heteroatoms. The summed E-state index contributed by atoms with van der Waals surface area (Å²) in [5, 5.41) is 3.88. The van der Waals surface area contributed by atoms with Crippen LogP contribution in [0.2, 0.25) is 0 Å². The molecule has 0 amide bonds. The minimum absolute atomic E-state index is 0.579. The minimum atomic E-state index is 0.579. The molecule has 0 saturated heterocycles. The highest BCUT2D eigenvalue weighted by Gasteiger charge is 2.31. The van der Waals surface area contributed by atoms with E-state index in [1.54, 1.807) is 0 Å². The van der Waals surface area contributed by atoms with Crippen LogP contribution < -0.4 is 5.32 Å². The lowest BCUT2D eigenvalue weighted by molar-refractivity contribution is 0.160. The first kappa shape index (κ1) is 11.4. The van der Waals surface area contributed by atoms with Crippen LogP contribution in [0.5, 0.6) is 0 Å². The standard InChI is InChI=1S/C14H27N/c1-11(12-6-4-7-12)15-13-8-5-9-14(2,3)10-13/h11-13,15H,4-10H2,1-3H3. The second kappa shape index (κ2) is 4.45. The Morgan fingerprint density at radius 2 is 1.87 bits per heavy atom. The molecule has 0 spiro atoms. The lowest BCUT2D eigenvalue weighted by atomic mass is 9.74. The van der Waals surface area contributed by atoms with E-state index in [2.05, 4.69) is 26.1 Å². The van der Waals surface area contributed by atoms with Gasteiger partial charge in [0.05, 0.1) is 0 Å². The van der Waals surface area contributed by atoms with Crippen LogP contribution in [0.4, 0.5) is 0 Å². The molecule has 0 heterocycles. The average molecular weight is 209 g/mol. The summed E-state index contributed by atoms with van der Waals surface area (Å²) in [5.41, 5.74) is 0.579. The highest BCUT2D eigenvalue weighted by Crippen LogP contribution is 2.36. The van der Waals surface area contributed by atoms with Gasteiger partial charge < -0.3 is 5.32 Å². The summed E-state index contributed by atoms with van der Waals surface area (Å²) in [7, 11) is 0. The second-order valence-electron chi connectivity index (χ2n) is 6.60. The molecule has 0 aromatic heterocycles. The van der Waals surface area contributed by atoms with Crippen molar-refractivity contribution >= 4 is 0 Å². The third kappa shape index (κ3) is 2.96. The predicted molar refractivity (Wildman–Crippen MR) is 66.0 cm³/mol. The van der Waals surface area contributed by atoms with Crippen molar-refractivity contribution in [1.29, 1.82) is 0 Å². The molecule has 88 valence electrons. The summed E-state index contributed by atoms with van der Waals surface area (Å²) in [4.78, 5) is 0. The van der Waals surface area contributed by atoms with E-state index in [1.165, 1.54) is 44.9 Å². The summed E-state index contributed by atoms with van der Waals surface area (Å²) in [5.74, 6) is 0.982. The molecule has 2 saturated carbocycles. The maximum absolute atomic E-state index is 3.88.